The molecule has 1 atom stereocenters. The van der Waals surface area contributed by atoms with E-state index >= 15 is 0 Å². The van der Waals surface area contributed by atoms with E-state index in [9.17, 15) is 9.59 Å². The minimum absolute atomic E-state index is 0.0458. The van der Waals surface area contributed by atoms with Crippen molar-refractivity contribution in [1.82, 2.24) is 10.2 Å². The minimum Gasteiger partial charge on any atom is -0.444 e. The molecule has 0 radical (unpaired) electrons. The lowest BCUT2D eigenvalue weighted by Gasteiger charge is -2.33. The third-order valence-corrected chi connectivity index (χ3v) is 3.97. The number of hydrogen-bond donors (Lipinski definition) is 1. The van der Waals surface area contributed by atoms with Gasteiger partial charge in [0.15, 0.2) is 0 Å². The number of nitrogens with one attached hydrogen (secondary N) is 1. The largest absolute Gasteiger partial charge is 0.444 e. The normalized spacial score (nSPS) is 18.2. The lowest BCUT2D eigenvalue weighted by atomic mass is 10.0. The summed E-state index contributed by atoms with van der Waals surface area (Å²) in [5.74, 6) is 0.106. The molecule has 0 bridgehead atoms. The van der Waals surface area contributed by atoms with E-state index in [0.29, 0.717) is 13.0 Å². The number of carbonyl (C=O) groups excluding carboxylic acids is 2. The summed E-state index contributed by atoms with van der Waals surface area (Å²) < 4.78 is 5.29. The highest BCUT2D eigenvalue weighted by atomic mass is 16.6. The van der Waals surface area contributed by atoms with E-state index < -0.39 is 11.7 Å². The van der Waals surface area contributed by atoms with Gasteiger partial charge < -0.3 is 15.0 Å². The zero-order valence-corrected chi connectivity index (χ0v) is 15.1. The third-order valence-electron chi connectivity index (χ3n) is 3.97. The van der Waals surface area contributed by atoms with E-state index in [1.54, 1.807) is 0 Å². The maximum atomic E-state index is 12.5. The number of piperidine rings is 1. The summed E-state index contributed by atoms with van der Waals surface area (Å²) in [4.78, 5) is 26.2. The second-order valence-electron chi connectivity index (χ2n) is 7.49. The van der Waals surface area contributed by atoms with Gasteiger partial charge in [0.05, 0.1) is 6.42 Å². The van der Waals surface area contributed by atoms with Crippen molar-refractivity contribution in [3.8, 4) is 0 Å². The molecular formula is C19H28N2O3. The van der Waals surface area contributed by atoms with Gasteiger partial charge in [0.1, 0.15) is 5.60 Å². The number of benzene rings is 1. The molecule has 2 amide bonds. The number of ether oxygens (including phenoxy) is 1. The monoisotopic (exact) mass is 332 g/mol. The molecule has 132 valence electrons. The van der Waals surface area contributed by atoms with E-state index in [1.165, 1.54) is 5.56 Å². The summed E-state index contributed by atoms with van der Waals surface area (Å²) in [5.41, 5.74) is 1.69. The number of rotatable bonds is 3. The quantitative estimate of drug-likeness (QED) is 0.925. The van der Waals surface area contributed by atoms with Crippen LogP contribution in [0, 0.1) is 6.92 Å². The van der Waals surface area contributed by atoms with Crippen LogP contribution >= 0.6 is 0 Å². The smallest absolute Gasteiger partial charge is 0.407 e. The van der Waals surface area contributed by atoms with E-state index in [2.05, 4.69) is 5.32 Å². The summed E-state index contributed by atoms with van der Waals surface area (Å²) in [5, 5.41) is 2.88. The van der Waals surface area contributed by atoms with Crippen LogP contribution in [0.1, 0.15) is 44.7 Å². The van der Waals surface area contributed by atoms with Crippen molar-refractivity contribution in [2.24, 2.45) is 0 Å². The summed E-state index contributed by atoms with van der Waals surface area (Å²) in [7, 11) is 0. The summed E-state index contributed by atoms with van der Waals surface area (Å²) in [6, 6.07) is 7.98. The second-order valence-corrected chi connectivity index (χ2v) is 7.49. The topological polar surface area (TPSA) is 58.6 Å². The van der Waals surface area contributed by atoms with E-state index in [0.717, 1.165) is 24.9 Å². The molecule has 1 unspecified atom stereocenters. The Labute approximate surface area is 144 Å². The Morgan fingerprint density at radius 1 is 1.25 bits per heavy atom. The molecule has 1 aromatic rings. The fraction of sp³-hybridized carbons (Fsp3) is 0.579. The highest BCUT2D eigenvalue weighted by Crippen LogP contribution is 2.14. The Balaban J connectivity index is 1.86. The molecule has 0 saturated carbocycles. The van der Waals surface area contributed by atoms with Crippen LogP contribution in [-0.4, -0.2) is 41.6 Å². The van der Waals surface area contributed by atoms with Gasteiger partial charge in [-0.3, -0.25) is 4.79 Å². The lowest BCUT2D eigenvalue weighted by Crippen LogP contribution is -2.50. The number of carbonyl (C=O) groups is 2. The molecule has 1 aliphatic rings. The maximum absolute atomic E-state index is 12.5. The minimum atomic E-state index is -0.514. The van der Waals surface area contributed by atoms with Crippen molar-refractivity contribution in [3.63, 3.8) is 0 Å². The Morgan fingerprint density at radius 2 is 1.92 bits per heavy atom. The maximum Gasteiger partial charge on any atom is 0.407 e. The van der Waals surface area contributed by atoms with Gasteiger partial charge in [0.25, 0.3) is 0 Å². The molecule has 0 aliphatic carbocycles. The Kier molecular flexibility index (Phi) is 5.86. The molecule has 5 heteroatoms. The summed E-state index contributed by atoms with van der Waals surface area (Å²) in [6.07, 6.45) is 1.74. The van der Waals surface area contributed by atoms with Crippen molar-refractivity contribution < 1.29 is 14.3 Å². The number of aryl methyl sites for hydroxylation is 1. The molecule has 1 aromatic carbocycles. The first-order chi connectivity index (χ1) is 11.2. The molecule has 0 spiro atoms. The van der Waals surface area contributed by atoms with E-state index in [-0.39, 0.29) is 11.9 Å². The molecule has 1 fully saturated rings. The number of nitrogens with zero attached hydrogens (tertiary/aromatic N) is 1. The zero-order chi connectivity index (χ0) is 17.7. The number of hydrogen-bond acceptors (Lipinski definition) is 3. The van der Waals surface area contributed by atoms with Crippen LogP contribution < -0.4 is 5.32 Å². The van der Waals surface area contributed by atoms with Crippen LogP contribution in [0.15, 0.2) is 24.3 Å². The fourth-order valence-electron chi connectivity index (χ4n) is 2.79. The van der Waals surface area contributed by atoms with Gasteiger partial charge in [-0.1, -0.05) is 29.8 Å². The molecule has 1 aliphatic heterocycles. The van der Waals surface area contributed by atoms with Gasteiger partial charge in [0, 0.05) is 19.1 Å². The standard InChI is InChI=1S/C19H28N2O3/c1-14-7-9-15(10-8-14)12-17(22)21-11-5-6-16(13-21)20-18(23)24-19(2,3)4/h7-10,16H,5-6,11-13H2,1-4H3,(H,20,23). The third kappa shape index (κ3) is 5.87. The molecule has 1 heterocycles. The Hall–Kier alpha value is -2.04. The van der Waals surface area contributed by atoms with Crippen LogP contribution in [0.25, 0.3) is 0 Å². The van der Waals surface area contributed by atoms with Crippen LogP contribution in [0.2, 0.25) is 0 Å². The first kappa shape index (κ1) is 18.3. The van der Waals surface area contributed by atoms with Crippen molar-refractivity contribution in [2.45, 2.75) is 58.6 Å². The first-order valence-electron chi connectivity index (χ1n) is 8.56. The average molecular weight is 332 g/mol. The van der Waals surface area contributed by atoms with Gasteiger partial charge >= 0.3 is 6.09 Å². The number of likely N-dealkylation sites (tertiary alicyclic amines) is 1. The van der Waals surface area contributed by atoms with E-state index in [1.807, 2.05) is 56.9 Å². The Bertz CT molecular complexity index is 575. The van der Waals surface area contributed by atoms with Crippen molar-refractivity contribution in [3.05, 3.63) is 35.4 Å². The Morgan fingerprint density at radius 3 is 2.54 bits per heavy atom. The predicted octanol–water partition coefficient (Wildman–Crippen LogP) is 3.05. The van der Waals surface area contributed by atoms with Crippen LogP contribution in [0.5, 0.6) is 0 Å². The second kappa shape index (κ2) is 7.69. The molecule has 1 N–H and O–H groups in total. The van der Waals surface area contributed by atoms with Gasteiger partial charge in [0.2, 0.25) is 5.91 Å². The van der Waals surface area contributed by atoms with Crippen LogP contribution in [-0.2, 0) is 16.0 Å². The number of amides is 2. The molecule has 2 rings (SSSR count). The average Bonchev–Trinajstić information content (AvgIpc) is 2.48. The predicted molar refractivity (Wildman–Crippen MR) is 93.9 cm³/mol. The summed E-state index contributed by atoms with van der Waals surface area (Å²) in [6.45, 7) is 8.84. The zero-order valence-electron chi connectivity index (χ0n) is 15.1. The molecule has 0 aromatic heterocycles. The molecule has 24 heavy (non-hydrogen) atoms. The number of alkyl carbamates (subject to hydrolysis) is 1. The van der Waals surface area contributed by atoms with Gasteiger partial charge in [-0.15, -0.1) is 0 Å². The van der Waals surface area contributed by atoms with Crippen LogP contribution in [0.4, 0.5) is 4.79 Å². The van der Waals surface area contributed by atoms with Crippen molar-refractivity contribution >= 4 is 12.0 Å². The van der Waals surface area contributed by atoms with E-state index in [4.69, 9.17) is 4.74 Å². The SMILES string of the molecule is Cc1ccc(CC(=O)N2CCCC(NC(=O)OC(C)(C)C)C2)cc1. The highest BCUT2D eigenvalue weighted by Gasteiger charge is 2.26. The molecular weight excluding hydrogens is 304 g/mol. The molecule has 5 nitrogen and oxygen atoms in total. The van der Waals surface area contributed by atoms with Gasteiger partial charge in [-0.2, -0.15) is 0 Å². The fourth-order valence-corrected chi connectivity index (χ4v) is 2.79. The van der Waals surface area contributed by atoms with Crippen molar-refractivity contribution in [1.29, 1.82) is 0 Å². The van der Waals surface area contributed by atoms with Crippen molar-refractivity contribution in [2.75, 3.05) is 13.1 Å². The highest BCUT2D eigenvalue weighted by molar-refractivity contribution is 5.79. The molecule has 1 saturated heterocycles. The van der Waals surface area contributed by atoms with Gasteiger partial charge in [-0.05, 0) is 46.1 Å². The first-order valence-corrected chi connectivity index (χ1v) is 8.56. The van der Waals surface area contributed by atoms with Gasteiger partial charge in [-0.25, -0.2) is 4.79 Å². The summed E-state index contributed by atoms with van der Waals surface area (Å²) >= 11 is 0. The van der Waals surface area contributed by atoms with Crippen LogP contribution in [0.3, 0.4) is 0 Å². The lowest BCUT2D eigenvalue weighted by molar-refractivity contribution is -0.131.